The Morgan fingerprint density at radius 2 is 1.77 bits per heavy atom. The highest BCUT2D eigenvalue weighted by Gasteiger charge is 2.19. The van der Waals surface area contributed by atoms with Gasteiger partial charge in [-0.2, -0.15) is 0 Å². The second-order valence-corrected chi connectivity index (χ2v) is 6.55. The van der Waals surface area contributed by atoms with E-state index in [2.05, 4.69) is 24.8 Å². The molecule has 1 saturated heterocycles. The van der Waals surface area contributed by atoms with Gasteiger partial charge < -0.3 is 9.80 Å². The Morgan fingerprint density at radius 3 is 2.46 bits per heavy atom. The molecular formula is C19H26N6O. The maximum atomic E-state index is 12.3. The molecule has 3 rings (SSSR count). The van der Waals surface area contributed by atoms with Crippen molar-refractivity contribution in [1.29, 1.82) is 0 Å². The van der Waals surface area contributed by atoms with E-state index in [1.165, 1.54) is 5.56 Å². The molecule has 0 saturated carbocycles. The van der Waals surface area contributed by atoms with Gasteiger partial charge in [-0.15, -0.1) is 0 Å². The summed E-state index contributed by atoms with van der Waals surface area (Å²) in [5.41, 5.74) is 1.21. The molecule has 7 heteroatoms. The average molecular weight is 354 g/mol. The minimum atomic E-state index is 0.202. The lowest BCUT2D eigenvalue weighted by Gasteiger charge is -2.34. The Kier molecular flexibility index (Phi) is 6.49. The first kappa shape index (κ1) is 18.3. The van der Waals surface area contributed by atoms with E-state index in [9.17, 15) is 4.79 Å². The van der Waals surface area contributed by atoms with Gasteiger partial charge in [-0.05, 0) is 30.2 Å². The van der Waals surface area contributed by atoms with Crippen molar-refractivity contribution in [3.05, 3.63) is 48.5 Å². The summed E-state index contributed by atoms with van der Waals surface area (Å²) in [6.07, 6.45) is 8.55. The van der Waals surface area contributed by atoms with Crippen LogP contribution in [0.4, 0.5) is 5.95 Å². The van der Waals surface area contributed by atoms with Crippen molar-refractivity contribution in [3.8, 4) is 0 Å². The van der Waals surface area contributed by atoms with Crippen LogP contribution in [0.15, 0.2) is 43.0 Å². The molecule has 0 aromatic carbocycles. The molecule has 1 aliphatic rings. The van der Waals surface area contributed by atoms with Gasteiger partial charge in [0.05, 0.1) is 0 Å². The standard InChI is InChI=1S/C19H26N6O/c1-23(11-5-17-3-9-20-10-4-17)18(26)6-12-24-13-15-25(16-14-24)19-21-7-2-8-22-19/h2-4,7-10H,5-6,11-16H2,1H3. The molecule has 0 spiro atoms. The number of rotatable bonds is 7. The number of hydrogen-bond acceptors (Lipinski definition) is 6. The molecule has 1 aliphatic heterocycles. The van der Waals surface area contributed by atoms with E-state index in [4.69, 9.17) is 0 Å². The van der Waals surface area contributed by atoms with Gasteiger partial charge in [0.15, 0.2) is 0 Å². The number of nitrogens with zero attached hydrogens (tertiary/aromatic N) is 6. The molecule has 0 atom stereocenters. The van der Waals surface area contributed by atoms with Crippen molar-refractivity contribution < 1.29 is 4.79 Å². The van der Waals surface area contributed by atoms with Crippen LogP contribution in [0.2, 0.25) is 0 Å². The molecule has 1 amide bonds. The highest BCUT2D eigenvalue weighted by atomic mass is 16.2. The number of likely N-dealkylation sites (N-methyl/N-ethyl adjacent to an activating group) is 1. The first-order valence-electron chi connectivity index (χ1n) is 9.09. The fraction of sp³-hybridized carbons (Fsp3) is 0.474. The molecular weight excluding hydrogens is 328 g/mol. The van der Waals surface area contributed by atoms with E-state index in [1.54, 1.807) is 24.8 Å². The van der Waals surface area contributed by atoms with Crippen LogP contribution in [-0.2, 0) is 11.2 Å². The van der Waals surface area contributed by atoms with Gasteiger partial charge in [0, 0.05) is 77.5 Å². The Hall–Kier alpha value is -2.54. The van der Waals surface area contributed by atoms with Crippen molar-refractivity contribution in [3.63, 3.8) is 0 Å². The Morgan fingerprint density at radius 1 is 1.08 bits per heavy atom. The predicted molar refractivity (Wildman–Crippen MR) is 101 cm³/mol. The summed E-state index contributed by atoms with van der Waals surface area (Å²) < 4.78 is 0. The van der Waals surface area contributed by atoms with Gasteiger partial charge in [0.1, 0.15) is 0 Å². The van der Waals surface area contributed by atoms with E-state index in [1.807, 2.05) is 30.1 Å². The van der Waals surface area contributed by atoms with Crippen molar-refractivity contribution in [2.24, 2.45) is 0 Å². The lowest BCUT2D eigenvalue weighted by Crippen LogP contribution is -2.47. The molecule has 0 N–H and O–H groups in total. The van der Waals surface area contributed by atoms with Gasteiger partial charge in [0.2, 0.25) is 11.9 Å². The molecule has 0 bridgehead atoms. The number of carbonyl (C=O) groups excluding carboxylic acids is 1. The normalized spacial score (nSPS) is 15.0. The molecule has 2 aromatic rings. The van der Waals surface area contributed by atoms with Crippen LogP contribution in [0.5, 0.6) is 0 Å². The highest BCUT2D eigenvalue weighted by molar-refractivity contribution is 5.76. The van der Waals surface area contributed by atoms with Gasteiger partial charge in [-0.3, -0.25) is 14.7 Å². The average Bonchev–Trinajstić information content (AvgIpc) is 2.72. The molecule has 26 heavy (non-hydrogen) atoms. The molecule has 1 fully saturated rings. The fourth-order valence-corrected chi connectivity index (χ4v) is 3.04. The first-order valence-corrected chi connectivity index (χ1v) is 9.09. The SMILES string of the molecule is CN(CCc1ccncc1)C(=O)CCN1CCN(c2ncccn2)CC1. The van der Waals surface area contributed by atoms with Crippen molar-refractivity contribution in [2.75, 3.05) is 51.2 Å². The summed E-state index contributed by atoms with van der Waals surface area (Å²) in [4.78, 5) is 31.3. The Balaban J connectivity index is 1.36. The third kappa shape index (κ3) is 5.23. The third-order valence-corrected chi connectivity index (χ3v) is 4.76. The number of hydrogen-bond donors (Lipinski definition) is 0. The maximum absolute atomic E-state index is 12.3. The fourth-order valence-electron chi connectivity index (χ4n) is 3.04. The topological polar surface area (TPSA) is 65.5 Å². The molecule has 3 heterocycles. The second-order valence-electron chi connectivity index (χ2n) is 6.55. The lowest BCUT2D eigenvalue weighted by molar-refractivity contribution is -0.130. The number of piperazine rings is 1. The summed E-state index contributed by atoms with van der Waals surface area (Å²) in [6.45, 7) is 5.22. The van der Waals surface area contributed by atoms with Crippen LogP contribution in [0.3, 0.4) is 0 Å². The molecule has 138 valence electrons. The van der Waals surface area contributed by atoms with Crippen LogP contribution < -0.4 is 4.90 Å². The quantitative estimate of drug-likeness (QED) is 0.741. The largest absolute Gasteiger partial charge is 0.345 e. The van der Waals surface area contributed by atoms with Crippen molar-refractivity contribution in [2.45, 2.75) is 12.8 Å². The molecule has 0 unspecified atom stereocenters. The molecule has 0 aliphatic carbocycles. The number of amides is 1. The van der Waals surface area contributed by atoms with E-state index >= 15 is 0 Å². The summed E-state index contributed by atoms with van der Waals surface area (Å²) >= 11 is 0. The van der Waals surface area contributed by atoms with Crippen molar-refractivity contribution >= 4 is 11.9 Å². The van der Waals surface area contributed by atoms with E-state index < -0.39 is 0 Å². The maximum Gasteiger partial charge on any atom is 0.225 e. The summed E-state index contributed by atoms with van der Waals surface area (Å²) in [6, 6.07) is 5.82. The van der Waals surface area contributed by atoms with Crippen LogP contribution >= 0.6 is 0 Å². The van der Waals surface area contributed by atoms with Gasteiger partial charge in [-0.1, -0.05) is 0 Å². The number of pyridine rings is 1. The van der Waals surface area contributed by atoms with E-state index in [-0.39, 0.29) is 5.91 Å². The van der Waals surface area contributed by atoms with E-state index in [0.29, 0.717) is 6.42 Å². The first-order chi connectivity index (χ1) is 12.7. The van der Waals surface area contributed by atoms with Crippen LogP contribution in [0.25, 0.3) is 0 Å². The van der Waals surface area contributed by atoms with Crippen molar-refractivity contribution in [1.82, 2.24) is 24.8 Å². The summed E-state index contributed by atoms with van der Waals surface area (Å²) in [5.74, 6) is 0.993. The van der Waals surface area contributed by atoms with Gasteiger partial charge in [0.25, 0.3) is 0 Å². The van der Waals surface area contributed by atoms with Gasteiger partial charge >= 0.3 is 0 Å². The van der Waals surface area contributed by atoms with Gasteiger partial charge in [-0.25, -0.2) is 9.97 Å². The minimum Gasteiger partial charge on any atom is -0.345 e. The zero-order valence-electron chi connectivity index (χ0n) is 15.3. The third-order valence-electron chi connectivity index (χ3n) is 4.76. The number of aromatic nitrogens is 3. The Bertz CT molecular complexity index is 673. The van der Waals surface area contributed by atoms with Crippen LogP contribution in [0, 0.1) is 0 Å². The molecule has 7 nitrogen and oxygen atoms in total. The minimum absolute atomic E-state index is 0.202. The number of carbonyl (C=O) groups is 1. The highest BCUT2D eigenvalue weighted by Crippen LogP contribution is 2.10. The van der Waals surface area contributed by atoms with Crippen LogP contribution in [0.1, 0.15) is 12.0 Å². The zero-order chi connectivity index (χ0) is 18.2. The Labute approximate surface area is 154 Å². The summed E-state index contributed by atoms with van der Waals surface area (Å²) in [7, 11) is 1.88. The second kappa shape index (κ2) is 9.24. The number of anilines is 1. The predicted octanol–water partition coefficient (Wildman–Crippen LogP) is 1.08. The monoisotopic (exact) mass is 354 g/mol. The lowest BCUT2D eigenvalue weighted by atomic mass is 10.2. The van der Waals surface area contributed by atoms with Crippen LogP contribution in [-0.4, -0.2) is 77.0 Å². The van der Waals surface area contributed by atoms with E-state index in [0.717, 1.165) is 51.6 Å². The molecule has 2 aromatic heterocycles. The zero-order valence-corrected chi connectivity index (χ0v) is 15.3. The molecule has 0 radical (unpaired) electrons. The smallest absolute Gasteiger partial charge is 0.225 e. The summed E-state index contributed by atoms with van der Waals surface area (Å²) in [5, 5.41) is 0.